The second kappa shape index (κ2) is 7.01. The van der Waals surface area contributed by atoms with Gasteiger partial charge in [-0.2, -0.15) is 4.98 Å². The van der Waals surface area contributed by atoms with Gasteiger partial charge >= 0.3 is 0 Å². The first-order valence-corrected chi connectivity index (χ1v) is 8.63. The minimum atomic E-state index is 0.432. The molecule has 0 aliphatic carbocycles. The fourth-order valence-electron chi connectivity index (χ4n) is 2.54. The van der Waals surface area contributed by atoms with Crippen molar-refractivity contribution in [2.75, 3.05) is 0 Å². The minimum Gasteiger partial charge on any atom is -0.438 e. The molecule has 0 spiro atoms. The van der Waals surface area contributed by atoms with Gasteiger partial charge in [-0.15, -0.1) is 0 Å². The predicted molar refractivity (Wildman–Crippen MR) is 102 cm³/mol. The number of rotatable bonds is 4. The molecule has 0 saturated carbocycles. The molecule has 0 N–H and O–H groups in total. The third kappa shape index (κ3) is 3.19. The van der Waals surface area contributed by atoms with Crippen LogP contribution in [-0.2, 0) is 0 Å². The highest BCUT2D eigenvalue weighted by Gasteiger charge is 2.12. The summed E-state index contributed by atoms with van der Waals surface area (Å²) in [5.41, 5.74) is 2.13. The molecule has 2 aromatic carbocycles. The average Bonchev–Trinajstić information content (AvgIpc) is 2.70. The number of ether oxygens (including phenoxy) is 1. The molecular formula is C20H12BrN3O2. The molecule has 6 heteroatoms. The first kappa shape index (κ1) is 16.4. The van der Waals surface area contributed by atoms with E-state index in [-0.39, 0.29) is 0 Å². The summed E-state index contributed by atoms with van der Waals surface area (Å²) in [6.07, 6.45) is 4.16. The molecule has 4 aromatic rings. The van der Waals surface area contributed by atoms with E-state index in [9.17, 15) is 4.79 Å². The van der Waals surface area contributed by atoms with E-state index in [0.29, 0.717) is 27.5 Å². The Balaban J connectivity index is 1.84. The molecule has 2 heterocycles. The van der Waals surface area contributed by atoms with Crippen molar-refractivity contribution in [3.8, 4) is 23.0 Å². The Morgan fingerprint density at radius 1 is 0.962 bits per heavy atom. The van der Waals surface area contributed by atoms with Crippen LogP contribution in [0.4, 0.5) is 0 Å². The van der Waals surface area contributed by atoms with Crippen LogP contribution in [0.2, 0.25) is 0 Å². The van der Waals surface area contributed by atoms with Crippen LogP contribution in [0.3, 0.4) is 0 Å². The lowest BCUT2D eigenvalue weighted by atomic mass is 10.2. The minimum absolute atomic E-state index is 0.432. The molecule has 0 unspecified atom stereocenters. The van der Waals surface area contributed by atoms with Gasteiger partial charge in [-0.05, 0) is 42.5 Å². The zero-order chi connectivity index (χ0) is 17.9. The molecule has 0 fully saturated rings. The average molecular weight is 406 g/mol. The maximum Gasteiger partial charge on any atom is 0.230 e. The molecule has 0 atom stereocenters. The summed E-state index contributed by atoms with van der Waals surface area (Å²) in [6.45, 7) is 0. The van der Waals surface area contributed by atoms with Gasteiger partial charge in [-0.3, -0.25) is 9.78 Å². The first-order valence-electron chi connectivity index (χ1n) is 7.84. The molecule has 0 amide bonds. The summed E-state index contributed by atoms with van der Waals surface area (Å²) < 4.78 is 6.72. The van der Waals surface area contributed by atoms with Crippen molar-refractivity contribution in [3.05, 3.63) is 77.0 Å². The van der Waals surface area contributed by atoms with Crippen LogP contribution in [0.15, 0.2) is 71.5 Å². The van der Waals surface area contributed by atoms with Gasteiger partial charge in [0.1, 0.15) is 5.75 Å². The fraction of sp³-hybridized carbons (Fsp3) is 0. The molecule has 5 nitrogen and oxygen atoms in total. The van der Waals surface area contributed by atoms with E-state index in [2.05, 4.69) is 30.9 Å². The van der Waals surface area contributed by atoms with Crippen LogP contribution in [0.25, 0.3) is 22.3 Å². The summed E-state index contributed by atoms with van der Waals surface area (Å²) in [5.74, 6) is 1.51. The van der Waals surface area contributed by atoms with E-state index in [1.165, 1.54) is 0 Å². The van der Waals surface area contributed by atoms with Gasteiger partial charge in [0.15, 0.2) is 12.1 Å². The van der Waals surface area contributed by atoms with Crippen LogP contribution in [0, 0.1) is 0 Å². The molecule has 0 aliphatic rings. The number of aromatic nitrogens is 3. The first-order chi connectivity index (χ1) is 12.7. The topological polar surface area (TPSA) is 65.0 Å². The lowest BCUT2D eigenvalue weighted by molar-refractivity contribution is 0.112. The summed E-state index contributed by atoms with van der Waals surface area (Å²) in [5, 5.41) is 0.792. The fourth-order valence-corrected chi connectivity index (χ4v) is 2.88. The Kier molecular flexibility index (Phi) is 4.41. The van der Waals surface area contributed by atoms with Crippen LogP contribution in [0.1, 0.15) is 10.4 Å². The molecule has 2 aromatic heterocycles. The maximum absolute atomic E-state index is 11.2. The predicted octanol–water partition coefficient (Wildman–Crippen LogP) is 5.06. The number of halogens is 1. The van der Waals surface area contributed by atoms with Gasteiger partial charge in [0.05, 0.1) is 10.9 Å². The van der Waals surface area contributed by atoms with Crippen LogP contribution >= 0.6 is 15.9 Å². The van der Waals surface area contributed by atoms with Crippen molar-refractivity contribution in [3.63, 3.8) is 0 Å². The standard InChI is InChI=1S/C20H12BrN3O2/c21-17-6-5-15(11-14(17)12-25)26-20-16-3-1-2-4-18(16)23-19(24-20)13-7-9-22-10-8-13/h1-12H. The number of benzene rings is 2. The van der Waals surface area contributed by atoms with E-state index in [1.54, 1.807) is 30.6 Å². The number of hydrogen-bond donors (Lipinski definition) is 0. The van der Waals surface area contributed by atoms with Crippen molar-refractivity contribution in [2.45, 2.75) is 0 Å². The Hall–Kier alpha value is -3.12. The highest BCUT2D eigenvalue weighted by atomic mass is 79.9. The molecule has 0 aliphatic heterocycles. The number of aldehydes is 1. The third-order valence-electron chi connectivity index (χ3n) is 3.82. The molecule has 0 bridgehead atoms. The number of hydrogen-bond acceptors (Lipinski definition) is 5. The quantitative estimate of drug-likeness (QED) is 0.444. The largest absolute Gasteiger partial charge is 0.438 e. The highest BCUT2D eigenvalue weighted by molar-refractivity contribution is 9.10. The lowest BCUT2D eigenvalue weighted by Gasteiger charge is -2.11. The number of para-hydroxylation sites is 1. The van der Waals surface area contributed by atoms with Gasteiger partial charge in [0, 0.05) is 28.0 Å². The van der Waals surface area contributed by atoms with Crippen molar-refractivity contribution < 1.29 is 9.53 Å². The zero-order valence-electron chi connectivity index (χ0n) is 13.5. The van der Waals surface area contributed by atoms with Gasteiger partial charge in [0.25, 0.3) is 0 Å². The van der Waals surface area contributed by atoms with Crippen molar-refractivity contribution in [2.24, 2.45) is 0 Å². The molecule has 4 rings (SSSR count). The Labute approximate surface area is 157 Å². The van der Waals surface area contributed by atoms with Crippen LogP contribution < -0.4 is 4.74 Å². The summed E-state index contributed by atoms with van der Waals surface area (Å²) >= 11 is 3.34. The lowest BCUT2D eigenvalue weighted by Crippen LogP contribution is -1.96. The van der Waals surface area contributed by atoms with E-state index >= 15 is 0 Å². The second-order valence-corrected chi connectivity index (χ2v) is 6.36. The van der Waals surface area contributed by atoms with Gasteiger partial charge < -0.3 is 4.74 Å². The monoisotopic (exact) mass is 405 g/mol. The number of fused-ring (bicyclic) bond motifs is 1. The SMILES string of the molecule is O=Cc1cc(Oc2nc(-c3ccncc3)nc3ccccc23)ccc1Br. The summed E-state index contributed by atoms with van der Waals surface area (Å²) in [4.78, 5) is 24.4. The molecule has 0 saturated heterocycles. The van der Waals surface area contributed by atoms with Crippen molar-refractivity contribution in [1.29, 1.82) is 0 Å². The van der Waals surface area contributed by atoms with E-state index in [4.69, 9.17) is 4.74 Å². The highest BCUT2D eigenvalue weighted by Crippen LogP contribution is 2.31. The van der Waals surface area contributed by atoms with Crippen LogP contribution in [0.5, 0.6) is 11.6 Å². The third-order valence-corrected chi connectivity index (χ3v) is 4.54. The number of carbonyl (C=O) groups is 1. The normalized spacial score (nSPS) is 10.7. The van der Waals surface area contributed by atoms with Crippen molar-refractivity contribution in [1.82, 2.24) is 15.0 Å². The van der Waals surface area contributed by atoms with Gasteiger partial charge in [-0.1, -0.05) is 28.1 Å². The van der Waals surface area contributed by atoms with Gasteiger partial charge in [0.2, 0.25) is 5.88 Å². The van der Waals surface area contributed by atoms with E-state index < -0.39 is 0 Å². The second-order valence-electron chi connectivity index (χ2n) is 5.51. The smallest absolute Gasteiger partial charge is 0.230 e. The Morgan fingerprint density at radius 3 is 2.58 bits per heavy atom. The zero-order valence-corrected chi connectivity index (χ0v) is 15.1. The van der Waals surface area contributed by atoms with E-state index in [0.717, 1.165) is 22.8 Å². The Bertz CT molecular complexity index is 1100. The number of nitrogens with zero attached hydrogens (tertiary/aromatic N) is 3. The van der Waals surface area contributed by atoms with Crippen molar-refractivity contribution >= 4 is 33.1 Å². The number of carbonyl (C=O) groups excluding carboxylic acids is 1. The Morgan fingerprint density at radius 2 is 1.77 bits per heavy atom. The maximum atomic E-state index is 11.2. The molecule has 0 radical (unpaired) electrons. The molecule has 26 heavy (non-hydrogen) atoms. The number of pyridine rings is 1. The summed E-state index contributed by atoms with van der Waals surface area (Å²) in [7, 11) is 0. The molecule has 126 valence electrons. The van der Waals surface area contributed by atoms with E-state index in [1.807, 2.05) is 36.4 Å². The molecular weight excluding hydrogens is 394 g/mol. The van der Waals surface area contributed by atoms with Gasteiger partial charge in [-0.25, -0.2) is 4.98 Å². The van der Waals surface area contributed by atoms with Crippen LogP contribution in [-0.4, -0.2) is 21.2 Å². The summed E-state index contributed by atoms with van der Waals surface area (Å²) in [6, 6.07) is 16.5.